The summed E-state index contributed by atoms with van der Waals surface area (Å²) in [6.45, 7) is 0. The lowest BCUT2D eigenvalue weighted by atomic mass is 10.3. The first-order valence-corrected chi connectivity index (χ1v) is 3.60. The van der Waals surface area contributed by atoms with Crippen molar-refractivity contribution in [2.24, 2.45) is 10.7 Å². The second-order valence-electron chi connectivity index (χ2n) is 2.26. The van der Waals surface area contributed by atoms with E-state index in [0.29, 0.717) is 0 Å². The molecule has 0 aliphatic carbocycles. The lowest BCUT2D eigenvalue weighted by Gasteiger charge is -1.94. The molecule has 1 rings (SSSR count). The molecule has 0 radical (unpaired) electrons. The van der Waals surface area contributed by atoms with Crippen LogP contribution in [0.1, 0.15) is 0 Å². The molecule has 1 aromatic carbocycles. The van der Waals surface area contributed by atoms with Crippen molar-refractivity contribution in [3.05, 3.63) is 42.1 Å². The minimum absolute atomic E-state index is 0.0829. The molecule has 0 amide bonds. The Morgan fingerprint density at radius 1 is 1.31 bits per heavy atom. The molecule has 4 heteroatoms. The molecule has 2 nitrogen and oxygen atoms in total. The predicted octanol–water partition coefficient (Wildman–Crippen LogP) is 2.14. The van der Waals surface area contributed by atoms with E-state index in [1.54, 1.807) is 0 Å². The Labute approximate surface area is 74.4 Å². The van der Waals surface area contributed by atoms with Gasteiger partial charge in [-0.1, -0.05) is 0 Å². The normalized spacial score (nSPS) is 11.5. The summed E-state index contributed by atoms with van der Waals surface area (Å²) in [6.07, 6.45) is 4.05. The Hall–Kier alpha value is -1.71. The third kappa shape index (κ3) is 2.66. The van der Waals surface area contributed by atoms with Crippen LogP contribution in [-0.4, -0.2) is 6.21 Å². The molecule has 0 fully saturated rings. The first kappa shape index (κ1) is 9.38. The summed E-state index contributed by atoms with van der Waals surface area (Å²) in [6, 6.07) is 3.17. The fraction of sp³-hybridized carbons (Fsp3) is 0. The van der Waals surface area contributed by atoms with Gasteiger partial charge in [0.25, 0.3) is 0 Å². The number of aliphatic imine (C=N–C) groups is 1. The Morgan fingerprint density at radius 3 is 2.69 bits per heavy atom. The van der Waals surface area contributed by atoms with Crippen LogP contribution >= 0.6 is 0 Å². The molecule has 0 aliphatic rings. The van der Waals surface area contributed by atoms with Crippen molar-refractivity contribution in [2.45, 2.75) is 0 Å². The molecule has 0 bridgehead atoms. The number of benzene rings is 1. The highest BCUT2D eigenvalue weighted by Gasteiger charge is 1.99. The zero-order valence-corrected chi connectivity index (χ0v) is 6.74. The van der Waals surface area contributed by atoms with Gasteiger partial charge < -0.3 is 5.73 Å². The van der Waals surface area contributed by atoms with Crippen molar-refractivity contribution in [1.82, 2.24) is 0 Å². The minimum Gasteiger partial charge on any atom is -0.405 e. The van der Waals surface area contributed by atoms with Crippen molar-refractivity contribution in [3.8, 4) is 0 Å². The fourth-order valence-corrected chi connectivity index (χ4v) is 0.759. The average Bonchev–Trinajstić information content (AvgIpc) is 2.09. The summed E-state index contributed by atoms with van der Waals surface area (Å²) < 4.78 is 25.3. The van der Waals surface area contributed by atoms with Crippen molar-refractivity contribution in [1.29, 1.82) is 0 Å². The monoisotopic (exact) mass is 182 g/mol. The van der Waals surface area contributed by atoms with Gasteiger partial charge in [-0.3, -0.25) is 4.99 Å². The van der Waals surface area contributed by atoms with Crippen LogP contribution in [0.4, 0.5) is 14.5 Å². The maximum atomic E-state index is 12.9. The molecule has 0 unspecified atom stereocenters. The highest BCUT2D eigenvalue weighted by atomic mass is 19.1. The molecule has 0 saturated carbocycles. The molecule has 0 aliphatic heterocycles. The van der Waals surface area contributed by atoms with Gasteiger partial charge in [0.1, 0.15) is 5.82 Å². The fourth-order valence-electron chi connectivity index (χ4n) is 0.759. The smallest absolute Gasteiger partial charge is 0.151 e. The average molecular weight is 182 g/mol. The van der Waals surface area contributed by atoms with Gasteiger partial charge in [-0.05, 0) is 24.4 Å². The summed E-state index contributed by atoms with van der Waals surface area (Å²) in [5.74, 6) is -1.31. The van der Waals surface area contributed by atoms with Crippen LogP contribution in [0.25, 0.3) is 0 Å². The van der Waals surface area contributed by atoms with Gasteiger partial charge in [-0.25, -0.2) is 8.78 Å². The molecule has 68 valence electrons. The molecule has 13 heavy (non-hydrogen) atoms. The van der Waals surface area contributed by atoms with Gasteiger partial charge in [-0.15, -0.1) is 0 Å². The summed E-state index contributed by atoms with van der Waals surface area (Å²) in [4.78, 5) is 3.70. The number of halogens is 2. The van der Waals surface area contributed by atoms with E-state index >= 15 is 0 Å². The summed E-state index contributed by atoms with van der Waals surface area (Å²) in [7, 11) is 0. The highest BCUT2D eigenvalue weighted by Crippen LogP contribution is 2.17. The van der Waals surface area contributed by atoms with E-state index in [1.165, 1.54) is 24.6 Å². The third-order valence-electron chi connectivity index (χ3n) is 1.32. The molecule has 0 saturated heterocycles. The number of nitrogens with two attached hydrogens (primary N) is 1. The van der Waals surface area contributed by atoms with Crippen molar-refractivity contribution in [2.75, 3.05) is 0 Å². The molecule has 1 aromatic rings. The van der Waals surface area contributed by atoms with E-state index in [4.69, 9.17) is 5.73 Å². The van der Waals surface area contributed by atoms with E-state index in [9.17, 15) is 8.78 Å². The number of allylic oxidation sites excluding steroid dienone is 1. The second kappa shape index (κ2) is 4.35. The molecule has 0 spiro atoms. The predicted molar refractivity (Wildman–Crippen MR) is 47.8 cm³/mol. The largest absolute Gasteiger partial charge is 0.405 e. The van der Waals surface area contributed by atoms with E-state index in [0.717, 1.165) is 12.1 Å². The summed E-state index contributed by atoms with van der Waals surface area (Å²) in [5, 5.41) is 0. The lowest BCUT2D eigenvalue weighted by molar-refractivity contribution is 0.585. The van der Waals surface area contributed by atoms with Gasteiger partial charge in [0.05, 0.1) is 5.69 Å². The topological polar surface area (TPSA) is 38.4 Å². The first-order chi connectivity index (χ1) is 6.24. The van der Waals surface area contributed by atoms with Crippen LogP contribution < -0.4 is 5.73 Å². The maximum Gasteiger partial charge on any atom is 0.151 e. The molecule has 0 aromatic heterocycles. The number of rotatable bonds is 2. The van der Waals surface area contributed by atoms with Crippen molar-refractivity contribution < 1.29 is 8.78 Å². The summed E-state index contributed by atoms with van der Waals surface area (Å²) >= 11 is 0. The number of hydrogen-bond acceptors (Lipinski definition) is 2. The van der Waals surface area contributed by atoms with Crippen molar-refractivity contribution in [3.63, 3.8) is 0 Å². The van der Waals surface area contributed by atoms with Gasteiger partial charge in [0.15, 0.2) is 5.82 Å². The lowest BCUT2D eigenvalue weighted by Crippen LogP contribution is -1.80. The van der Waals surface area contributed by atoms with Crippen LogP contribution in [0.3, 0.4) is 0 Å². The molecular weight excluding hydrogens is 174 g/mol. The Kier molecular flexibility index (Phi) is 3.14. The van der Waals surface area contributed by atoms with Crippen LogP contribution in [0.5, 0.6) is 0 Å². The second-order valence-corrected chi connectivity index (χ2v) is 2.26. The molecular formula is C9H8F2N2. The maximum absolute atomic E-state index is 12.9. The van der Waals surface area contributed by atoms with E-state index < -0.39 is 11.6 Å². The first-order valence-electron chi connectivity index (χ1n) is 3.60. The number of nitrogens with zero attached hydrogens (tertiary/aromatic N) is 1. The molecule has 2 N–H and O–H groups in total. The minimum atomic E-state index is -0.693. The number of hydrogen-bond donors (Lipinski definition) is 1. The van der Waals surface area contributed by atoms with Gasteiger partial charge in [-0.2, -0.15) is 0 Å². The van der Waals surface area contributed by atoms with Crippen LogP contribution in [0, 0.1) is 11.6 Å². The summed E-state index contributed by atoms with van der Waals surface area (Å²) in [5.41, 5.74) is 5.11. The van der Waals surface area contributed by atoms with Crippen LogP contribution in [-0.2, 0) is 0 Å². The van der Waals surface area contributed by atoms with Gasteiger partial charge in [0.2, 0.25) is 0 Å². The van der Waals surface area contributed by atoms with Crippen LogP contribution in [0.2, 0.25) is 0 Å². The SMILES string of the molecule is NC=CC=Nc1ccc(F)cc1F. The Morgan fingerprint density at radius 2 is 2.08 bits per heavy atom. The standard InChI is InChI=1S/C9H8F2N2/c10-7-2-3-9(8(11)6-7)13-5-1-4-12/h1-6H,12H2. The zero-order chi connectivity index (χ0) is 9.68. The quantitative estimate of drug-likeness (QED) is 0.699. The highest BCUT2D eigenvalue weighted by molar-refractivity contribution is 5.74. The third-order valence-corrected chi connectivity index (χ3v) is 1.32. The zero-order valence-electron chi connectivity index (χ0n) is 6.74. The van der Waals surface area contributed by atoms with Crippen molar-refractivity contribution >= 4 is 11.9 Å². The Bertz CT molecular complexity index is 345. The van der Waals surface area contributed by atoms with E-state index in [-0.39, 0.29) is 5.69 Å². The van der Waals surface area contributed by atoms with Gasteiger partial charge in [0, 0.05) is 12.3 Å². The Balaban J connectivity index is 2.89. The van der Waals surface area contributed by atoms with E-state index in [1.807, 2.05) is 0 Å². The molecule has 0 heterocycles. The van der Waals surface area contributed by atoms with Crippen LogP contribution in [0.15, 0.2) is 35.5 Å². The van der Waals surface area contributed by atoms with Gasteiger partial charge >= 0.3 is 0 Å². The van der Waals surface area contributed by atoms with E-state index in [2.05, 4.69) is 4.99 Å². The molecule has 0 atom stereocenters.